The minimum absolute atomic E-state index is 0.400. The average molecular weight is 245 g/mol. The summed E-state index contributed by atoms with van der Waals surface area (Å²) in [5.74, 6) is 0. The highest BCUT2D eigenvalue weighted by Crippen LogP contribution is 2.14. The van der Waals surface area contributed by atoms with Gasteiger partial charge < -0.3 is 9.30 Å². The van der Waals surface area contributed by atoms with E-state index in [0.29, 0.717) is 6.10 Å². The number of rotatable bonds is 3. The van der Waals surface area contributed by atoms with E-state index in [1.165, 1.54) is 12.8 Å². The number of ether oxygens (including phenoxy) is 1. The molecule has 0 N–H and O–H groups in total. The number of alkyl halides is 1. The van der Waals surface area contributed by atoms with Gasteiger partial charge in [-0.3, -0.25) is 0 Å². The van der Waals surface area contributed by atoms with Crippen molar-refractivity contribution >= 4 is 15.9 Å². The minimum Gasteiger partial charge on any atom is -0.376 e. The lowest BCUT2D eigenvalue weighted by Gasteiger charge is -2.08. The van der Waals surface area contributed by atoms with Crippen LogP contribution in [0.5, 0.6) is 0 Å². The van der Waals surface area contributed by atoms with Crippen molar-refractivity contribution < 1.29 is 4.74 Å². The van der Waals surface area contributed by atoms with E-state index in [-0.39, 0.29) is 0 Å². The molecule has 0 aliphatic carbocycles. The zero-order valence-corrected chi connectivity index (χ0v) is 9.03. The molecule has 0 bridgehead atoms. The van der Waals surface area contributed by atoms with Gasteiger partial charge in [0.2, 0.25) is 0 Å². The monoisotopic (exact) mass is 244 g/mol. The van der Waals surface area contributed by atoms with Gasteiger partial charge in [0.25, 0.3) is 0 Å². The van der Waals surface area contributed by atoms with Crippen molar-refractivity contribution in [1.82, 2.24) is 9.55 Å². The Balaban J connectivity index is 1.92. The van der Waals surface area contributed by atoms with Crippen molar-refractivity contribution in [1.29, 1.82) is 0 Å². The van der Waals surface area contributed by atoms with Crippen molar-refractivity contribution in [2.24, 2.45) is 0 Å². The van der Waals surface area contributed by atoms with E-state index >= 15 is 0 Å². The van der Waals surface area contributed by atoms with Crippen LogP contribution in [0.15, 0.2) is 12.5 Å². The SMILES string of the molecule is BrCc1cn(CC2CCCO2)cn1. The second kappa shape index (κ2) is 4.24. The maximum absolute atomic E-state index is 5.54. The molecule has 1 atom stereocenters. The Hall–Kier alpha value is -0.350. The van der Waals surface area contributed by atoms with Crippen LogP contribution in [-0.2, 0) is 16.6 Å². The first-order valence-corrected chi connectivity index (χ1v) is 5.69. The molecule has 0 saturated carbocycles. The molecular weight excluding hydrogens is 232 g/mol. The Morgan fingerprint density at radius 3 is 3.23 bits per heavy atom. The summed E-state index contributed by atoms with van der Waals surface area (Å²) in [6, 6.07) is 0. The van der Waals surface area contributed by atoms with Crippen molar-refractivity contribution in [3.8, 4) is 0 Å². The van der Waals surface area contributed by atoms with Crippen molar-refractivity contribution in [3.63, 3.8) is 0 Å². The van der Waals surface area contributed by atoms with Crippen LogP contribution in [0.4, 0.5) is 0 Å². The predicted octanol–water partition coefficient (Wildman–Crippen LogP) is 1.96. The van der Waals surface area contributed by atoms with E-state index in [9.17, 15) is 0 Å². The first-order valence-electron chi connectivity index (χ1n) is 4.56. The van der Waals surface area contributed by atoms with Gasteiger partial charge in [-0.2, -0.15) is 0 Å². The molecule has 13 heavy (non-hydrogen) atoms. The summed E-state index contributed by atoms with van der Waals surface area (Å²) in [4.78, 5) is 4.24. The second-order valence-corrected chi connectivity index (χ2v) is 3.89. The average Bonchev–Trinajstić information content (AvgIpc) is 2.76. The third kappa shape index (κ3) is 2.31. The van der Waals surface area contributed by atoms with Gasteiger partial charge in [-0.15, -0.1) is 0 Å². The van der Waals surface area contributed by atoms with E-state index in [1.807, 2.05) is 6.33 Å². The summed E-state index contributed by atoms with van der Waals surface area (Å²) < 4.78 is 7.64. The molecule has 1 fully saturated rings. The Kier molecular flexibility index (Phi) is 3.01. The molecule has 2 heterocycles. The smallest absolute Gasteiger partial charge is 0.0950 e. The highest BCUT2D eigenvalue weighted by Gasteiger charge is 2.15. The number of aromatic nitrogens is 2. The normalized spacial score (nSPS) is 22.4. The summed E-state index contributed by atoms with van der Waals surface area (Å²) in [6.45, 7) is 1.87. The molecular formula is C9H13BrN2O. The second-order valence-electron chi connectivity index (χ2n) is 3.33. The Morgan fingerprint density at radius 2 is 2.62 bits per heavy atom. The third-order valence-corrected chi connectivity index (χ3v) is 2.84. The highest BCUT2D eigenvalue weighted by molar-refractivity contribution is 9.08. The molecule has 1 aliphatic rings. The number of imidazole rings is 1. The van der Waals surface area contributed by atoms with Crippen LogP contribution in [0.3, 0.4) is 0 Å². The van der Waals surface area contributed by atoms with Crippen molar-refractivity contribution in [2.75, 3.05) is 6.61 Å². The number of nitrogens with zero attached hydrogens (tertiary/aromatic N) is 2. The molecule has 0 spiro atoms. The molecule has 3 nitrogen and oxygen atoms in total. The minimum atomic E-state index is 0.400. The van der Waals surface area contributed by atoms with E-state index in [1.54, 1.807) is 0 Å². The molecule has 0 radical (unpaired) electrons. The van der Waals surface area contributed by atoms with Crippen molar-refractivity contribution in [3.05, 3.63) is 18.2 Å². The Labute approximate surface area is 86.2 Å². The molecule has 1 saturated heterocycles. The largest absolute Gasteiger partial charge is 0.376 e. The number of halogens is 1. The van der Waals surface area contributed by atoms with Crippen LogP contribution in [0, 0.1) is 0 Å². The Morgan fingerprint density at radius 1 is 1.69 bits per heavy atom. The molecule has 1 aliphatic heterocycles. The lowest BCUT2D eigenvalue weighted by Crippen LogP contribution is -2.13. The zero-order chi connectivity index (χ0) is 9.10. The standard InChI is InChI=1S/C9H13BrN2O/c10-4-8-5-12(7-11-8)6-9-2-1-3-13-9/h5,7,9H,1-4,6H2. The third-order valence-electron chi connectivity index (χ3n) is 2.26. The fourth-order valence-corrected chi connectivity index (χ4v) is 1.89. The van der Waals surface area contributed by atoms with Crippen LogP contribution in [0.2, 0.25) is 0 Å². The summed E-state index contributed by atoms with van der Waals surface area (Å²) in [6.07, 6.45) is 6.72. The number of hydrogen-bond acceptors (Lipinski definition) is 2. The molecule has 2 rings (SSSR count). The lowest BCUT2D eigenvalue weighted by molar-refractivity contribution is 0.0970. The molecule has 0 amide bonds. The van der Waals surface area contributed by atoms with Gasteiger partial charge in [-0.25, -0.2) is 4.98 Å². The van der Waals surface area contributed by atoms with E-state index in [4.69, 9.17) is 4.74 Å². The van der Waals surface area contributed by atoms with Crippen LogP contribution in [-0.4, -0.2) is 22.3 Å². The lowest BCUT2D eigenvalue weighted by atomic mass is 10.2. The molecule has 4 heteroatoms. The predicted molar refractivity (Wildman–Crippen MR) is 53.8 cm³/mol. The van der Waals surface area contributed by atoms with E-state index < -0.39 is 0 Å². The number of hydrogen-bond donors (Lipinski definition) is 0. The van der Waals surface area contributed by atoms with E-state index in [0.717, 1.165) is 24.2 Å². The molecule has 1 aromatic heterocycles. The van der Waals surface area contributed by atoms with Gasteiger partial charge in [0.15, 0.2) is 0 Å². The van der Waals surface area contributed by atoms with Gasteiger partial charge in [0, 0.05) is 24.7 Å². The van der Waals surface area contributed by atoms with Crippen molar-refractivity contribution in [2.45, 2.75) is 30.8 Å². The summed E-state index contributed by atoms with van der Waals surface area (Å²) in [5, 5.41) is 0.825. The van der Waals surface area contributed by atoms with Crippen LogP contribution < -0.4 is 0 Å². The maximum atomic E-state index is 5.54. The van der Waals surface area contributed by atoms with Crippen LogP contribution in [0.25, 0.3) is 0 Å². The summed E-state index contributed by atoms with van der Waals surface area (Å²) in [5.41, 5.74) is 1.08. The highest BCUT2D eigenvalue weighted by atomic mass is 79.9. The molecule has 1 unspecified atom stereocenters. The van der Waals surface area contributed by atoms with Crippen LogP contribution in [0.1, 0.15) is 18.5 Å². The fraction of sp³-hybridized carbons (Fsp3) is 0.667. The molecule has 1 aromatic rings. The van der Waals surface area contributed by atoms with Gasteiger partial charge >= 0.3 is 0 Å². The summed E-state index contributed by atoms with van der Waals surface area (Å²) in [7, 11) is 0. The topological polar surface area (TPSA) is 27.1 Å². The van der Waals surface area contributed by atoms with Gasteiger partial charge in [-0.05, 0) is 12.8 Å². The Bertz CT molecular complexity index is 268. The fourth-order valence-electron chi connectivity index (χ4n) is 1.60. The summed E-state index contributed by atoms with van der Waals surface area (Å²) >= 11 is 3.38. The zero-order valence-electron chi connectivity index (χ0n) is 7.45. The quantitative estimate of drug-likeness (QED) is 0.761. The van der Waals surface area contributed by atoms with E-state index in [2.05, 4.69) is 31.7 Å². The molecule has 72 valence electrons. The first-order chi connectivity index (χ1) is 6.38. The van der Waals surface area contributed by atoms with Gasteiger partial charge in [-0.1, -0.05) is 15.9 Å². The van der Waals surface area contributed by atoms with Gasteiger partial charge in [0.05, 0.1) is 18.1 Å². The molecule has 0 aromatic carbocycles. The first kappa shape index (κ1) is 9.21. The maximum Gasteiger partial charge on any atom is 0.0950 e. The van der Waals surface area contributed by atoms with Crippen LogP contribution >= 0.6 is 15.9 Å². The van der Waals surface area contributed by atoms with Gasteiger partial charge in [0.1, 0.15) is 0 Å².